The third kappa shape index (κ3) is 3.81. The van der Waals surface area contributed by atoms with E-state index in [1.54, 1.807) is 25.1 Å². The maximum absolute atomic E-state index is 13.8. The van der Waals surface area contributed by atoms with E-state index >= 15 is 0 Å². The first-order valence-electron chi connectivity index (χ1n) is 8.28. The summed E-state index contributed by atoms with van der Waals surface area (Å²) in [5.41, 5.74) is 2.83. The zero-order valence-electron chi connectivity index (χ0n) is 14.4. The SMILES string of the molecule is Cc1ccc(NC(=O)/C=C/c2cn(CCC#N)c3ccccc23)c(F)c1. The lowest BCUT2D eigenvalue weighted by molar-refractivity contribution is -0.111. The van der Waals surface area contributed by atoms with Gasteiger partial charge in [0, 0.05) is 35.3 Å². The van der Waals surface area contributed by atoms with E-state index in [-0.39, 0.29) is 5.69 Å². The number of nitrogens with zero attached hydrogens (tertiary/aromatic N) is 2. The van der Waals surface area contributed by atoms with Gasteiger partial charge in [-0.3, -0.25) is 4.79 Å². The summed E-state index contributed by atoms with van der Waals surface area (Å²) < 4.78 is 15.8. The van der Waals surface area contributed by atoms with Gasteiger partial charge in [0.15, 0.2) is 0 Å². The summed E-state index contributed by atoms with van der Waals surface area (Å²) in [5, 5.41) is 12.3. The second-order valence-electron chi connectivity index (χ2n) is 6.01. The quantitative estimate of drug-likeness (QED) is 0.683. The molecule has 0 spiro atoms. The number of hydrogen-bond donors (Lipinski definition) is 1. The average molecular weight is 347 g/mol. The van der Waals surface area contributed by atoms with Crippen LogP contribution in [0, 0.1) is 24.1 Å². The van der Waals surface area contributed by atoms with E-state index in [1.165, 1.54) is 12.1 Å². The predicted octanol–water partition coefficient (Wildman–Crippen LogP) is 4.65. The highest BCUT2D eigenvalue weighted by molar-refractivity contribution is 6.03. The van der Waals surface area contributed by atoms with Crippen LogP contribution in [0.2, 0.25) is 0 Å². The van der Waals surface area contributed by atoms with Gasteiger partial charge in [-0.1, -0.05) is 24.3 Å². The van der Waals surface area contributed by atoms with Crippen molar-refractivity contribution in [3.8, 4) is 6.07 Å². The fourth-order valence-corrected chi connectivity index (χ4v) is 2.82. The monoisotopic (exact) mass is 347 g/mol. The number of nitrogens with one attached hydrogen (secondary N) is 1. The molecule has 4 nitrogen and oxygen atoms in total. The summed E-state index contributed by atoms with van der Waals surface area (Å²) in [5.74, 6) is -0.860. The Labute approximate surface area is 151 Å². The number of halogens is 1. The number of carbonyl (C=O) groups excluding carboxylic acids is 1. The zero-order chi connectivity index (χ0) is 18.5. The molecule has 0 radical (unpaired) electrons. The molecule has 0 fully saturated rings. The number of fused-ring (bicyclic) bond motifs is 1. The van der Waals surface area contributed by atoms with Crippen LogP contribution in [0.3, 0.4) is 0 Å². The minimum atomic E-state index is -0.458. The number of hydrogen-bond acceptors (Lipinski definition) is 2. The Hall–Kier alpha value is -3.39. The standard InChI is InChI=1S/C21H18FN3O/c1-15-7-9-19(18(22)13-15)24-21(26)10-8-16-14-25(12-4-11-23)20-6-3-2-5-17(16)20/h2-3,5-10,13-14H,4,12H2,1H3,(H,24,26)/b10-8+. The Bertz CT molecular complexity index is 1030. The summed E-state index contributed by atoms with van der Waals surface area (Å²) in [4.78, 5) is 12.1. The lowest BCUT2D eigenvalue weighted by atomic mass is 10.1. The van der Waals surface area contributed by atoms with Crippen molar-refractivity contribution < 1.29 is 9.18 Å². The summed E-state index contributed by atoms with van der Waals surface area (Å²) in [6.07, 6.45) is 5.41. The molecule has 0 aliphatic carbocycles. The van der Waals surface area contributed by atoms with Gasteiger partial charge in [-0.05, 0) is 36.8 Å². The minimum absolute atomic E-state index is 0.154. The van der Waals surface area contributed by atoms with Crippen molar-refractivity contribution in [3.63, 3.8) is 0 Å². The van der Waals surface area contributed by atoms with Crippen LogP contribution in [0.4, 0.5) is 10.1 Å². The molecule has 0 aliphatic rings. The number of amides is 1. The van der Waals surface area contributed by atoms with Crippen molar-refractivity contribution >= 4 is 28.6 Å². The zero-order valence-corrected chi connectivity index (χ0v) is 14.4. The van der Waals surface area contributed by atoms with Crippen LogP contribution in [0.15, 0.2) is 54.7 Å². The fourth-order valence-electron chi connectivity index (χ4n) is 2.82. The first kappa shape index (κ1) is 17.4. The normalized spacial score (nSPS) is 11.0. The van der Waals surface area contributed by atoms with Crippen LogP contribution in [-0.4, -0.2) is 10.5 Å². The second-order valence-corrected chi connectivity index (χ2v) is 6.01. The Morgan fingerprint density at radius 3 is 2.88 bits per heavy atom. The Morgan fingerprint density at radius 2 is 2.12 bits per heavy atom. The summed E-state index contributed by atoms with van der Waals surface area (Å²) in [6, 6.07) is 14.6. The third-order valence-corrected chi connectivity index (χ3v) is 4.08. The molecular formula is C21H18FN3O. The van der Waals surface area contributed by atoms with Crippen molar-refractivity contribution in [1.29, 1.82) is 5.26 Å². The maximum atomic E-state index is 13.8. The van der Waals surface area contributed by atoms with E-state index in [1.807, 2.05) is 35.0 Å². The van der Waals surface area contributed by atoms with E-state index in [0.717, 1.165) is 22.0 Å². The lowest BCUT2D eigenvalue weighted by Gasteiger charge is -2.04. The molecule has 0 aliphatic heterocycles. The van der Waals surface area contributed by atoms with E-state index in [2.05, 4.69) is 11.4 Å². The molecule has 1 N–H and O–H groups in total. The van der Waals surface area contributed by atoms with Gasteiger partial charge in [0.05, 0.1) is 18.2 Å². The second kappa shape index (κ2) is 7.66. The number of aryl methyl sites for hydroxylation is 2. The van der Waals surface area contributed by atoms with Crippen LogP contribution < -0.4 is 5.32 Å². The van der Waals surface area contributed by atoms with Crippen LogP contribution >= 0.6 is 0 Å². The predicted molar refractivity (Wildman–Crippen MR) is 101 cm³/mol. The lowest BCUT2D eigenvalue weighted by Crippen LogP contribution is -2.09. The van der Waals surface area contributed by atoms with Gasteiger partial charge in [-0.2, -0.15) is 5.26 Å². The molecule has 3 rings (SSSR count). The molecule has 1 aromatic heterocycles. The number of anilines is 1. The number of benzene rings is 2. The molecule has 1 heterocycles. The van der Waals surface area contributed by atoms with Crippen molar-refractivity contribution in [3.05, 3.63) is 71.7 Å². The molecule has 0 saturated carbocycles. The van der Waals surface area contributed by atoms with E-state index < -0.39 is 11.7 Å². The van der Waals surface area contributed by atoms with Gasteiger partial charge in [-0.15, -0.1) is 0 Å². The van der Waals surface area contributed by atoms with Crippen LogP contribution in [0.1, 0.15) is 17.5 Å². The van der Waals surface area contributed by atoms with Gasteiger partial charge >= 0.3 is 0 Å². The summed E-state index contributed by atoms with van der Waals surface area (Å²) in [7, 11) is 0. The van der Waals surface area contributed by atoms with Crippen molar-refractivity contribution in [2.75, 3.05) is 5.32 Å². The Balaban J connectivity index is 1.81. The molecule has 2 aromatic carbocycles. The molecule has 5 heteroatoms. The van der Waals surface area contributed by atoms with Crippen molar-refractivity contribution in [2.24, 2.45) is 0 Å². The number of rotatable bonds is 5. The number of carbonyl (C=O) groups is 1. The van der Waals surface area contributed by atoms with Crippen molar-refractivity contribution in [1.82, 2.24) is 4.57 Å². The molecule has 0 atom stereocenters. The van der Waals surface area contributed by atoms with Gasteiger partial charge in [0.2, 0.25) is 5.91 Å². The number of para-hydroxylation sites is 1. The molecule has 0 unspecified atom stereocenters. The first-order valence-corrected chi connectivity index (χ1v) is 8.28. The smallest absolute Gasteiger partial charge is 0.248 e. The maximum Gasteiger partial charge on any atom is 0.248 e. The Kier molecular flexibility index (Phi) is 5.14. The number of nitriles is 1. The van der Waals surface area contributed by atoms with E-state index in [0.29, 0.717) is 13.0 Å². The summed E-state index contributed by atoms with van der Waals surface area (Å²) >= 11 is 0. The largest absolute Gasteiger partial charge is 0.346 e. The highest BCUT2D eigenvalue weighted by Crippen LogP contribution is 2.23. The molecule has 26 heavy (non-hydrogen) atoms. The number of aromatic nitrogens is 1. The minimum Gasteiger partial charge on any atom is -0.346 e. The van der Waals surface area contributed by atoms with Crippen LogP contribution in [0.5, 0.6) is 0 Å². The van der Waals surface area contributed by atoms with Gasteiger partial charge in [-0.25, -0.2) is 4.39 Å². The molecule has 0 saturated heterocycles. The topological polar surface area (TPSA) is 57.8 Å². The van der Waals surface area contributed by atoms with E-state index in [4.69, 9.17) is 5.26 Å². The highest BCUT2D eigenvalue weighted by atomic mass is 19.1. The summed E-state index contributed by atoms with van der Waals surface area (Å²) in [6.45, 7) is 2.38. The molecule has 3 aromatic rings. The van der Waals surface area contributed by atoms with Crippen molar-refractivity contribution in [2.45, 2.75) is 19.9 Å². The van der Waals surface area contributed by atoms with Crippen LogP contribution in [0.25, 0.3) is 17.0 Å². The third-order valence-electron chi connectivity index (χ3n) is 4.08. The first-order chi connectivity index (χ1) is 12.6. The van der Waals surface area contributed by atoms with E-state index in [9.17, 15) is 9.18 Å². The average Bonchev–Trinajstić information content (AvgIpc) is 2.99. The molecule has 0 bridgehead atoms. The highest BCUT2D eigenvalue weighted by Gasteiger charge is 2.07. The fraction of sp³-hybridized carbons (Fsp3) is 0.143. The van der Waals surface area contributed by atoms with Gasteiger partial charge < -0.3 is 9.88 Å². The molecule has 1 amide bonds. The van der Waals surface area contributed by atoms with Gasteiger partial charge in [0.25, 0.3) is 0 Å². The van der Waals surface area contributed by atoms with Gasteiger partial charge in [0.1, 0.15) is 5.82 Å². The Morgan fingerprint density at radius 1 is 1.31 bits per heavy atom. The molecule has 130 valence electrons. The van der Waals surface area contributed by atoms with Crippen LogP contribution in [-0.2, 0) is 11.3 Å². The molecular weight excluding hydrogens is 329 g/mol.